The molecule has 3 N–H and O–H groups in total. The SMILES string of the molecule is O=C(O)c1ccc(Cl)cc1Nc1c(C(=O)O)cccc1[N+](=O)[O-]. The quantitative estimate of drug-likeness (QED) is 0.563. The molecule has 9 heteroatoms. The lowest BCUT2D eigenvalue weighted by atomic mass is 10.1. The van der Waals surface area contributed by atoms with Crippen LogP contribution in [0.4, 0.5) is 17.1 Å². The number of nitro groups is 1. The molecular weight excluding hydrogens is 328 g/mol. The second-order valence-corrected chi connectivity index (χ2v) is 4.82. The number of benzene rings is 2. The molecule has 0 amide bonds. The number of rotatable bonds is 5. The number of hydrogen-bond donors (Lipinski definition) is 3. The third kappa shape index (κ3) is 3.38. The fourth-order valence-electron chi connectivity index (χ4n) is 1.94. The summed E-state index contributed by atoms with van der Waals surface area (Å²) in [7, 11) is 0. The number of nitro benzene ring substituents is 1. The van der Waals surface area contributed by atoms with Gasteiger partial charge in [-0.2, -0.15) is 0 Å². The topological polar surface area (TPSA) is 130 Å². The van der Waals surface area contributed by atoms with Crippen LogP contribution < -0.4 is 5.32 Å². The first-order valence-corrected chi connectivity index (χ1v) is 6.49. The molecule has 0 atom stereocenters. The van der Waals surface area contributed by atoms with Gasteiger partial charge in [0.1, 0.15) is 5.69 Å². The first kappa shape index (κ1) is 16.2. The van der Waals surface area contributed by atoms with E-state index in [1.165, 1.54) is 30.3 Å². The molecule has 0 fully saturated rings. The molecule has 0 saturated heterocycles. The van der Waals surface area contributed by atoms with E-state index in [0.717, 1.165) is 6.07 Å². The van der Waals surface area contributed by atoms with Crippen LogP contribution in [0.15, 0.2) is 36.4 Å². The van der Waals surface area contributed by atoms with Crippen molar-refractivity contribution in [3.8, 4) is 0 Å². The Bertz CT molecular complexity index is 789. The smallest absolute Gasteiger partial charge is 0.338 e. The zero-order valence-corrected chi connectivity index (χ0v) is 12.1. The molecule has 0 aliphatic carbocycles. The van der Waals surface area contributed by atoms with Crippen molar-refractivity contribution in [2.45, 2.75) is 0 Å². The van der Waals surface area contributed by atoms with Crippen LogP contribution in [0, 0.1) is 10.1 Å². The Morgan fingerprint density at radius 1 is 1.09 bits per heavy atom. The van der Waals surface area contributed by atoms with Crippen molar-refractivity contribution >= 4 is 40.6 Å². The molecule has 0 spiro atoms. The number of para-hydroxylation sites is 1. The maximum atomic E-state index is 11.3. The van der Waals surface area contributed by atoms with Gasteiger partial charge in [0.15, 0.2) is 0 Å². The zero-order chi connectivity index (χ0) is 17.1. The third-order valence-corrected chi connectivity index (χ3v) is 3.18. The van der Waals surface area contributed by atoms with Crippen LogP contribution in [0.25, 0.3) is 0 Å². The van der Waals surface area contributed by atoms with Crippen LogP contribution in [0.2, 0.25) is 5.02 Å². The summed E-state index contributed by atoms with van der Waals surface area (Å²) in [6.07, 6.45) is 0. The van der Waals surface area contributed by atoms with E-state index in [1.54, 1.807) is 0 Å². The molecular formula is C14H9ClN2O6. The summed E-state index contributed by atoms with van der Waals surface area (Å²) < 4.78 is 0. The molecule has 0 aliphatic rings. The molecule has 118 valence electrons. The minimum atomic E-state index is -1.39. The first-order chi connectivity index (χ1) is 10.8. The maximum absolute atomic E-state index is 11.3. The van der Waals surface area contributed by atoms with E-state index < -0.39 is 22.5 Å². The Kier molecular flexibility index (Phi) is 4.47. The van der Waals surface area contributed by atoms with Crippen LogP contribution in [-0.2, 0) is 0 Å². The minimum absolute atomic E-state index is 0.0539. The predicted molar refractivity (Wildman–Crippen MR) is 81.7 cm³/mol. The number of carbonyl (C=O) groups is 2. The summed E-state index contributed by atoms with van der Waals surface area (Å²) in [6.45, 7) is 0. The van der Waals surface area contributed by atoms with Crippen molar-refractivity contribution in [2.75, 3.05) is 5.32 Å². The van der Waals surface area contributed by atoms with Crippen LogP contribution in [0.1, 0.15) is 20.7 Å². The highest BCUT2D eigenvalue weighted by Crippen LogP contribution is 2.33. The lowest BCUT2D eigenvalue weighted by Gasteiger charge is -2.12. The van der Waals surface area contributed by atoms with Gasteiger partial charge in [0.2, 0.25) is 0 Å². The Morgan fingerprint density at radius 2 is 1.74 bits per heavy atom. The van der Waals surface area contributed by atoms with E-state index in [9.17, 15) is 24.8 Å². The van der Waals surface area contributed by atoms with Gasteiger partial charge in [0, 0.05) is 11.1 Å². The van der Waals surface area contributed by atoms with Gasteiger partial charge in [-0.05, 0) is 24.3 Å². The number of nitrogens with one attached hydrogen (secondary N) is 1. The fourth-order valence-corrected chi connectivity index (χ4v) is 2.12. The normalized spacial score (nSPS) is 10.1. The fraction of sp³-hybridized carbons (Fsp3) is 0. The second-order valence-electron chi connectivity index (χ2n) is 4.38. The van der Waals surface area contributed by atoms with Crippen molar-refractivity contribution in [1.29, 1.82) is 0 Å². The van der Waals surface area contributed by atoms with E-state index in [1.807, 2.05) is 0 Å². The van der Waals surface area contributed by atoms with Gasteiger partial charge in [-0.15, -0.1) is 0 Å². The summed E-state index contributed by atoms with van der Waals surface area (Å²) in [5.41, 5.74) is -1.45. The van der Waals surface area contributed by atoms with Gasteiger partial charge in [0.05, 0.1) is 21.7 Å². The number of nitrogens with zero attached hydrogens (tertiary/aromatic N) is 1. The van der Waals surface area contributed by atoms with Crippen molar-refractivity contribution in [2.24, 2.45) is 0 Å². The number of carboxylic acids is 2. The van der Waals surface area contributed by atoms with Crippen LogP contribution in [0.3, 0.4) is 0 Å². The molecule has 2 aromatic carbocycles. The van der Waals surface area contributed by atoms with E-state index in [4.69, 9.17) is 16.7 Å². The van der Waals surface area contributed by atoms with Crippen molar-refractivity contribution in [3.05, 3.63) is 62.7 Å². The van der Waals surface area contributed by atoms with Crippen molar-refractivity contribution in [3.63, 3.8) is 0 Å². The summed E-state index contributed by atoms with van der Waals surface area (Å²) in [6, 6.07) is 7.30. The number of anilines is 2. The molecule has 0 aromatic heterocycles. The largest absolute Gasteiger partial charge is 0.478 e. The standard InChI is InChI=1S/C14H9ClN2O6/c15-7-4-5-8(13(18)19)10(6-7)16-12-9(14(20)21)2-1-3-11(12)17(22)23/h1-6,16H,(H,18,19)(H,20,21). The maximum Gasteiger partial charge on any atom is 0.338 e. The summed E-state index contributed by atoms with van der Waals surface area (Å²) in [5, 5.41) is 32.1. The Balaban J connectivity index is 2.65. The van der Waals surface area contributed by atoms with E-state index in [-0.39, 0.29) is 27.5 Å². The number of carboxylic acid groups (broad SMARTS) is 2. The highest BCUT2D eigenvalue weighted by atomic mass is 35.5. The lowest BCUT2D eigenvalue weighted by molar-refractivity contribution is -0.383. The Morgan fingerprint density at radius 3 is 2.30 bits per heavy atom. The van der Waals surface area contributed by atoms with Crippen LogP contribution in [0.5, 0.6) is 0 Å². The highest BCUT2D eigenvalue weighted by Gasteiger charge is 2.23. The third-order valence-electron chi connectivity index (χ3n) is 2.94. The Labute approximate surface area is 134 Å². The van der Waals surface area contributed by atoms with E-state index in [0.29, 0.717) is 0 Å². The summed E-state index contributed by atoms with van der Waals surface area (Å²) in [4.78, 5) is 32.8. The van der Waals surface area contributed by atoms with E-state index in [2.05, 4.69) is 5.32 Å². The van der Waals surface area contributed by atoms with Gasteiger partial charge in [-0.3, -0.25) is 10.1 Å². The van der Waals surface area contributed by atoms with Gasteiger partial charge < -0.3 is 15.5 Å². The molecule has 2 rings (SSSR count). The lowest BCUT2D eigenvalue weighted by Crippen LogP contribution is -2.08. The van der Waals surface area contributed by atoms with Gasteiger partial charge >= 0.3 is 11.9 Å². The minimum Gasteiger partial charge on any atom is -0.478 e. The Hall–Kier alpha value is -3.13. The molecule has 2 aromatic rings. The number of halogens is 1. The zero-order valence-electron chi connectivity index (χ0n) is 11.3. The average molecular weight is 337 g/mol. The molecule has 0 unspecified atom stereocenters. The van der Waals surface area contributed by atoms with Crippen molar-refractivity contribution in [1.82, 2.24) is 0 Å². The molecule has 23 heavy (non-hydrogen) atoms. The second kappa shape index (κ2) is 6.32. The molecule has 0 heterocycles. The molecule has 0 bridgehead atoms. The van der Waals surface area contributed by atoms with Gasteiger partial charge in [0.25, 0.3) is 5.69 Å². The monoisotopic (exact) mass is 336 g/mol. The summed E-state index contributed by atoms with van der Waals surface area (Å²) >= 11 is 5.81. The number of hydrogen-bond acceptors (Lipinski definition) is 5. The predicted octanol–water partition coefficient (Wildman–Crippen LogP) is 3.39. The first-order valence-electron chi connectivity index (χ1n) is 6.12. The molecule has 0 radical (unpaired) electrons. The van der Waals surface area contributed by atoms with Crippen LogP contribution >= 0.6 is 11.6 Å². The van der Waals surface area contributed by atoms with Gasteiger partial charge in [-0.25, -0.2) is 9.59 Å². The molecule has 8 nitrogen and oxygen atoms in total. The highest BCUT2D eigenvalue weighted by molar-refractivity contribution is 6.31. The van der Waals surface area contributed by atoms with Gasteiger partial charge in [-0.1, -0.05) is 17.7 Å². The molecule has 0 aliphatic heterocycles. The van der Waals surface area contributed by atoms with Crippen molar-refractivity contribution < 1.29 is 24.7 Å². The van der Waals surface area contributed by atoms with Crippen LogP contribution in [-0.4, -0.2) is 27.1 Å². The van der Waals surface area contributed by atoms with E-state index >= 15 is 0 Å². The molecule has 0 saturated carbocycles. The average Bonchev–Trinajstić information content (AvgIpc) is 2.46. The number of aromatic carboxylic acids is 2. The summed E-state index contributed by atoms with van der Waals surface area (Å²) in [5.74, 6) is -2.69.